The number of hydrogen-bond donors (Lipinski definition) is 2. The maximum Gasteiger partial charge on any atom is 0.328 e. The third-order valence-electron chi connectivity index (χ3n) is 4.51. The third kappa shape index (κ3) is 9.05. The van der Waals surface area contributed by atoms with Crippen LogP contribution in [0.1, 0.15) is 31.4 Å². The Morgan fingerprint density at radius 1 is 1.00 bits per heavy atom. The van der Waals surface area contributed by atoms with Crippen LogP contribution in [0.4, 0.5) is 0 Å². The number of benzene rings is 2. The van der Waals surface area contributed by atoms with Crippen molar-refractivity contribution >= 4 is 19.5 Å². The Morgan fingerprint density at radius 3 is 2.06 bits per heavy atom. The summed E-state index contributed by atoms with van der Waals surface area (Å²) in [5.41, 5.74) is 1.61. The van der Waals surface area contributed by atoms with Crippen LogP contribution in [-0.4, -0.2) is 35.8 Å². The van der Waals surface area contributed by atoms with Gasteiger partial charge in [0.25, 0.3) is 5.91 Å². The molecule has 2 N–H and O–H groups in total. The van der Waals surface area contributed by atoms with Crippen LogP contribution in [0.3, 0.4) is 0 Å². The highest BCUT2D eigenvalue weighted by atomic mass is 31.2. The highest BCUT2D eigenvalue weighted by Gasteiger charge is 2.32. The first-order valence-electron chi connectivity index (χ1n) is 10.2. The Kier molecular flexibility index (Phi) is 9.44. The van der Waals surface area contributed by atoms with Crippen LogP contribution < -0.4 is 5.32 Å². The lowest BCUT2D eigenvalue weighted by molar-refractivity contribution is -0.143. The molecule has 1 unspecified atom stereocenters. The summed E-state index contributed by atoms with van der Waals surface area (Å²) in [6, 6.07) is 17.3. The van der Waals surface area contributed by atoms with Gasteiger partial charge in [0.05, 0.1) is 6.61 Å². The molecule has 0 aliphatic heterocycles. The molecule has 0 bridgehead atoms. The molecule has 0 aliphatic rings. The average molecular weight is 447 g/mol. The lowest BCUT2D eigenvalue weighted by atomic mass is 10.0. The molecule has 0 radical (unpaired) electrons. The summed E-state index contributed by atoms with van der Waals surface area (Å²) in [5.74, 6) is -1.69. The molecule has 0 spiro atoms. The van der Waals surface area contributed by atoms with E-state index in [0.717, 1.165) is 11.1 Å². The molecule has 0 aromatic heterocycles. The predicted molar refractivity (Wildman–Crippen MR) is 119 cm³/mol. The van der Waals surface area contributed by atoms with E-state index in [1.165, 1.54) is 6.66 Å². The van der Waals surface area contributed by atoms with Gasteiger partial charge in [0, 0.05) is 13.1 Å². The van der Waals surface area contributed by atoms with Crippen LogP contribution in [0.2, 0.25) is 0 Å². The lowest BCUT2D eigenvalue weighted by Crippen LogP contribution is -2.47. The molecule has 2 aromatic rings. The van der Waals surface area contributed by atoms with E-state index in [9.17, 15) is 19.3 Å². The molecule has 0 aliphatic carbocycles. The summed E-state index contributed by atoms with van der Waals surface area (Å²) in [4.78, 5) is 24.5. The molecule has 0 fully saturated rings. The zero-order valence-corrected chi connectivity index (χ0v) is 19.0. The van der Waals surface area contributed by atoms with Crippen molar-refractivity contribution in [2.45, 2.75) is 45.4 Å². The van der Waals surface area contributed by atoms with Crippen molar-refractivity contribution in [1.29, 1.82) is 0 Å². The fraction of sp³-hybridized carbons (Fsp3) is 0.391. The van der Waals surface area contributed by atoms with Crippen LogP contribution >= 0.6 is 7.60 Å². The highest BCUT2D eigenvalue weighted by molar-refractivity contribution is 7.53. The number of aliphatic carboxylic acids is 1. The molecule has 168 valence electrons. The molecular weight excluding hydrogens is 417 g/mol. The van der Waals surface area contributed by atoms with Crippen LogP contribution in [0.5, 0.6) is 0 Å². The second kappa shape index (κ2) is 11.8. The number of amides is 1. The second-order valence-corrected chi connectivity index (χ2v) is 9.85. The van der Waals surface area contributed by atoms with Gasteiger partial charge >= 0.3 is 13.6 Å². The van der Waals surface area contributed by atoms with Crippen molar-refractivity contribution in [3.05, 3.63) is 71.8 Å². The molecule has 8 heteroatoms. The fourth-order valence-electron chi connectivity index (χ4n) is 2.99. The van der Waals surface area contributed by atoms with Gasteiger partial charge in [-0.25, -0.2) is 4.79 Å². The quantitative estimate of drug-likeness (QED) is 0.471. The van der Waals surface area contributed by atoms with Crippen molar-refractivity contribution in [2.24, 2.45) is 5.92 Å². The Balaban J connectivity index is 2.13. The van der Waals surface area contributed by atoms with E-state index in [1.807, 2.05) is 74.5 Å². The summed E-state index contributed by atoms with van der Waals surface area (Å²) in [6.45, 7) is 5.12. The van der Waals surface area contributed by atoms with E-state index < -0.39 is 31.6 Å². The molecule has 3 atom stereocenters. The lowest BCUT2D eigenvalue weighted by Gasteiger charge is -2.24. The second-order valence-electron chi connectivity index (χ2n) is 7.84. The fourth-order valence-corrected chi connectivity index (χ4v) is 4.07. The first kappa shape index (κ1) is 24.8. The Bertz CT molecular complexity index is 887. The molecule has 2 rings (SSSR count). The third-order valence-corrected chi connectivity index (χ3v) is 5.74. The first-order valence-corrected chi connectivity index (χ1v) is 12.2. The van der Waals surface area contributed by atoms with E-state index in [0.29, 0.717) is 0 Å². The monoisotopic (exact) mass is 447 g/mol. The Labute approximate surface area is 183 Å². The molecule has 2 aromatic carbocycles. The first-order chi connectivity index (χ1) is 14.7. The van der Waals surface area contributed by atoms with Gasteiger partial charge in [0.1, 0.15) is 12.1 Å². The van der Waals surface area contributed by atoms with E-state index in [4.69, 9.17) is 9.05 Å². The molecule has 0 heterocycles. The van der Waals surface area contributed by atoms with Gasteiger partial charge in [-0.1, -0.05) is 74.5 Å². The predicted octanol–water partition coefficient (Wildman–Crippen LogP) is 4.27. The summed E-state index contributed by atoms with van der Waals surface area (Å²) >= 11 is 0. The Morgan fingerprint density at radius 2 is 1.55 bits per heavy atom. The number of carbonyl (C=O) groups is 2. The maximum absolute atomic E-state index is 12.9. The molecule has 1 amide bonds. The normalized spacial score (nSPS) is 15.1. The van der Waals surface area contributed by atoms with Gasteiger partial charge in [0.15, 0.2) is 0 Å². The van der Waals surface area contributed by atoms with E-state index in [1.54, 1.807) is 0 Å². The molecule has 0 saturated carbocycles. The zero-order chi connectivity index (χ0) is 22.9. The number of carbonyl (C=O) groups excluding carboxylic acids is 1. The summed E-state index contributed by atoms with van der Waals surface area (Å²) in [5, 5.41) is 12.0. The van der Waals surface area contributed by atoms with Gasteiger partial charge in [-0.05, 0) is 23.5 Å². The van der Waals surface area contributed by atoms with Gasteiger partial charge in [0.2, 0.25) is 0 Å². The minimum Gasteiger partial charge on any atom is -0.480 e. The van der Waals surface area contributed by atoms with Gasteiger partial charge in [-0.15, -0.1) is 0 Å². The highest BCUT2D eigenvalue weighted by Crippen LogP contribution is 2.46. The SMILES string of the molecule is CC(C)C[C@H](NC(=O)[C@H](Cc1ccccc1)OP(C)(=O)OCc1ccccc1)C(=O)O. The van der Waals surface area contributed by atoms with E-state index >= 15 is 0 Å². The van der Waals surface area contributed by atoms with Crippen molar-refractivity contribution in [3.8, 4) is 0 Å². The van der Waals surface area contributed by atoms with Crippen LogP contribution in [0.15, 0.2) is 60.7 Å². The van der Waals surface area contributed by atoms with Crippen molar-refractivity contribution in [3.63, 3.8) is 0 Å². The summed E-state index contributed by atoms with van der Waals surface area (Å²) in [6.07, 6.45) is -0.760. The molecule has 7 nitrogen and oxygen atoms in total. The number of nitrogens with one attached hydrogen (secondary N) is 1. The standard InChI is InChI=1S/C23H30NO6P/c1-17(2)14-20(23(26)27)24-22(25)21(15-18-10-6-4-7-11-18)30-31(3,28)29-16-19-12-8-5-9-13-19/h4-13,17,20-21H,14-16H2,1-3H3,(H,24,25)(H,26,27)/t20-,21-,31?/m0/s1. The van der Waals surface area contributed by atoms with E-state index in [-0.39, 0.29) is 25.4 Å². The number of carboxylic acid groups (broad SMARTS) is 1. The van der Waals surface area contributed by atoms with Crippen LogP contribution in [0.25, 0.3) is 0 Å². The number of hydrogen-bond acceptors (Lipinski definition) is 5. The van der Waals surface area contributed by atoms with Crippen molar-refractivity contribution in [2.75, 3.05) is 6.66 Å². The minimum atomic E-state index is -3.61. The largest absolute Gasteiger partial charge is 0.480 e. The molecule has 31 heavy (non-hydrogen) atoms. The van der Waals surface area contributed by atoms with Gasteiger partial charge < -0.3 is 14.9 Å². The van der Waals surface area contributed by atoms with E-state index in [2.05, 4.69) is 5.32 Å². The van der Waals surface area contributed by atoms with Crippen molar-refractivity contribution < 1.29 is 28.3 Å². The molecular formula is C23H30NO6P. The van der Waals surface area contributed by atoms with Gasteiger partial charge in [-0.3, -0.25) is 13.9 Å². The van der Waals surface area contributed by atoms with Crippen molar-refractivity contribution in [1.82, 2.24) is 5.32 Å². The van der Waals surface area contributed by atoms with Gasteiger partial charge in [-0.2, -0.15) is 0 Å². The minimum absolute atomic E-state index is 0.0688. The summed E-state index contributed by atoms with van der Waals surface area (Å²) in [7, 11) is -3.61. The Hall–Kier alpha value is -2.47. The zero-order valence-electron chi connectivity index (χ0n) is 18.1. The number of carboxylic acids is 1. The average Bonchev–Trinajstić information content (AvgIpc) is 2.72. The topological polar surface area (TPSA) is 102 Å². The molecule has 0 saturated heterocycles. The number of rotatable bonds is 12. The van der Waals surface area contributed by atoms with Crippen LogP contribution in [0, 0.1) is 5.92 Å². The summed E-state index contributed by atoms with van der Waals surface area (Å²) < 4.78 is 24.1. The maximum atomic E-state index is 12.9. The smallest absolute Gasteiger partial charge is 0.328 e. The van der Waals surface area contributed by atoms with Crippen LogP contribution in [-0.2, 0) is 36.2 Å².